The van der Waals surface area contributed by atoms with Gasteiger partial charge in [0, 0.05) is 16.8 Å². The summed E-state index contributed by atoms with van der Waals surface area (Å²) in [4.78, 5) is 0. The van der Waals surface area contributed by atoms with E-state index in [1.165, 1.54) is 0 Å². The summed E-state index contributed by atoms with van der Waals surface area (Å²) >= 11 is 0. The second kappa shape index (κ2) is 22.5. The van der Waals surface area contributed by atoms with Crippen molar-refractivity contribution in [1.82, 2.24) is 5.32 Å². The van der Waals surface area contributed by atoms with Gasteiger partial charge in [-0.1, -0.05) is 35.6 Å². The van der Waals surface area contributed by atoms with Gasteiger partial charge in [0.1, 0.15) is 0 Å². The van der Waals surface area contributed by atoms with Crippen LogP contribution in [0.3, 0.4) is 0 Å². The highest BCUT2D eigenvalue weighted by atomic mass is 14.8. The number of nitrogens with one attached hydrogen (secondary N) is 1. The summed E-state index contributed by atoms with van der Waals surface area (Å²) < 4.78 is 0. The van der Waals surface area contributed by atoms with Gasteiger partial charge in [0.05, 0.1) is 0 Å². The molecule has 1 N–H and O–H groups in total. The minimum atomic E-state index is 0. The molecule has 0 aromatic carbocycles. The Morgan fingerprint density at radius 2 is 1.45 bits per heavy atom. The lowest BCUT2D eigenvalue weighted by Gasteiger charge is -2.01. The Kier molecular flexibility index (Phi) is 62.2. The summed E-state index contributed by atoms with van der Waals surface area (Å²) in [5.41, 5.74) is 0. The summed E-state index contributed by atoms with van der Waals surface area (Å²) in [5.74, 6) is 0.792. The van der Waals surface area contributed by atoms with Gasteiger partial charge in [0.2, 0.25) is 0 Å². The van der Waals surface area contributed by atoms with Gasteiger partial charge >= 0.3 is 0 Å². The molecule has 0 aliphatic carbocycles. The standard InChI is InChI=1S/C6H15N.2CH4.2B/c1-4-7-5-6(2)3;;;;/h6-7H,4-5H2,1-3H3;2*1H4;;. The predicted molar refractivity (Wildman–Crippen MR) is 58.4 cm³/mol. The Bertz CT molecular complexity index is 41.1. The van der Waals surface area contributed by atoms with Gasteiger partial charge in [-0.2, -0.15) is 0 Å². The third-order valence-corrected chi connectivity index (χ3v) is 0.803. The average molecular weight is 155 g/mol. The second-order valence-electron chi connectivity index (χ2n) is 2.20. The molecule has 1 nitrogen and oxygen atoms in total. The maximum Gasteiger partial charge on any atom is 0 e. The molecule has 0 unspecified atom stereocenters. The van der Waals surface area contributed by atoms with E-state index < -0.39 is 0 Å². The molecule has 3 heteroatoms. The van der Waals surface area contributed by atoms with Gasteiger partial charge in [0.15, 0.2) is 0 Å². The lowest BCUT2D eigenvalue weighted by Crippen LogP contribution is -2.18. The molecule has 0 aromatic heterocycles. The fraction of sp³-hybridized carbons (Fsp3) is 1.00. The quantitative estimate of drug-likeness (QED) is 0.612. The van der Waals surface area contributed by atoms with Crippen molar-refractivity contribution in [2.75, 3.05) is 13.1 Å². The van der Waals surface area contributed by atoms with E-state index in [1.54, 1.807) is 0 Å². The minimum Gasteiger partial charge on any atom is -0.317 e. The first kappa shape index (κ1) is 30.4. The molecule has 0 fully saturated rings. The van der Waals surface area contributed by atoms with Crippen molar-refractivity contribution in [2.45, 2.75) is 35.6 Å². The molecule has 0 aliphatic rings. The molecule has 0 amide bonds. The maximum absolute atomic E-state index is 3.25. The first-order chi connectivity index (χ1) is 3.27. The predicted octanol–water partition coefficient (Wildman–Crippen LogP) is 1.76. The first-order valence-corrected chi connectivity index (χ1v) is 2.98. The normalized spacial score (nSPS) is 6.55. The zero-order valence-electron chi connectivity index (χ0n) is 6.65. The maximum atomic E-state index is 3.25. The Labute approximate surface area is 77.5 Å². The van der Waals surface area contributed by atoms with Crippen molar-refractivity contribution in [3.63, 3.8) is 0 Å². The van der Waals surface area contributed by atoms with Crippen LogP contribution in [0, 0.1) is 5.92 Å². The number of hydrogen-bond donors (Lipinski definition) is 1. The van der Waals surface area contributed by atoms with E-state index in [0.29, 0.717) is 0 Å². The Balaban J connectivity index is -0.0000000300. The van der Waals surface area contributed by atoms with Crippen molar-refractivity contribution in [3.05, 3.63) is 0 Å². The fourth-order valence-corrected chi connectivity index (χ4v) is 0.433. The molecular formula is C8H23B2N. The van der Waals surface area contributed by atoms with Crippen LogP contribution in [0.1, 0.15) is 35.6 Å². The summed E-state index contributed by atoms with van der Waals surface area (Å²) in [7, 11) is 0. The second-order valence-corrected chi connectivity index (χ2v) is 2.20. The lowest BCUT2D eigenvalue weighted by molar-refractivity contribution is 0.566. The van der Waals surface area contributed by atoms with Gasteiger partial charge in [-0.3, -0.25) is 0 Å². The third kappa shape index (κ3) is 39.5. The summed E-state index contributed by atoms with van der Waals surface area (Å²) in [6, 6.07) is 0. The Morgan fingerprint density at radius 1 is 1.09 bits per heavy atom. The highest BCUT2D eigenvalue weighted by Gasteiger charge is 1.86. The Morgan fingerprint density at radius 3 is 1.55 bits per heavy atom. The molecule has 0 rings (SSSR count). The molecule has 0 bridgehead atoms. The molecule has 0 atom stereocenters. The molecule has 0 saturated carbocycles. The smallest absolute Gasteiger partial charge is 0 e. The van der Waals surface area contributed by atoms with E-state index in [4.69, 9.17) is 0 Å². The van der Waals surface area contributed by atoms with Gasteiger partial charge in [-0.25, -0.2) is 0 Å². The fourth-order valence-electron chi connectivity index (χ4n) is 0.433. The van der Waals surface area contributed by atoms with Crippen LogP contribution < -0.4 is 5.32 Å². The van der Waals surface area contributed by atoms with Gasteiger partial charge < -0.3 is 5.32 Å². The molecule has 6 radical (unpaired) electrons. The zero-order valence-corrected chi connectivity index (χ0v) is 6.65. The van der Waals surface area contributed by atoms with E-state index in [-0.39, 0.29) is 31.7 Å². The van der Waals surface area contributed by atoms with Crippen LogP contribution >= 0.6 is 0 Å². The molecule has 66 valence electrons. The van der Waals surface area contributed by atoms with Gasteiger partial charge in [0.25, 0.3) is 0 Å². The SMILES string of the molecule is C.C.CCNCC(C)C.[B].[B]. The van der Waals surface area contributed by atoms with Crippen molar-refractivity contribution < 1.29 is 0 Å². The van der Waals surface area contributed by atoms with Crippen LogP contribution in [0.25, 0.3) is 0 Å². The van der Waals surface area contributed by atoms with Gasteiger partial charge in [-0.05, 0) is 19.0 Å². The number of hydrogen-bond acceptors (Lipinski definition) is 1. The third-order valence-electron chi connectivity index (χ3n) is 0.803. The van der Waals surface area contributed by atoms with Crippen molar-refractivity contribution in [2.24, 2.45) is 5.92 Å². The van der Waals surface area contributed by atoms with Crippen LogP contribution in [-0.4, -0.2) is 29.9 Å². The average Bonchev–Trinajstić information content (AvgIpc) is 1.61. The van der Waals surface area contributed by atoms with E-state index in [9.17, 15) is 0 Å². The summed E-state index contributed by atoms with van der Waals surface area (Å²) in [6.07, 6.45) is 0. The zero-order chi connectivity index (χ0) is 5.70. The highest BCUT2D eigenvalue weighted by Crippen LogP contribution is 1.84. The highest BCUT2D eigenvalue weighted by molar-refractivity contribution is 5.76. The molecule has 0 heterocycles. The van der Waals surface area contributed by atoms with E-state index in [2.05, 4.69) is 26.1 Å². The van der Waals surface area contributed by atoms with Crippen molar-refractivity contribution in [3.8, 4) is 0 Å². The first-order valence-electron chi connectivity index (χ1n) is 2.98. The van der Waals surface area contributed by atoms with Crippen molar-refractivity contribution >= 4 is 16.8 Å². The minimum absolute atomic E-state index is 0. The molecule has 0 aromatic rings. The number of rotatable bonds is 3. The lowest BCUT2D eigenvalue weighted by atomic mass is 10.2. The molecular weight excluding hydrogens is 132 g/mol. The monoisotopic (exact) mass is 155 g/mol. The molecule has 0 aliphatic heterocycles. The van der Waals surface area contributed by atoms with Crippen molar-refractivity contribution in [1.29, 1.82) is 0 Å². The van der Waals surface area contributed by atoms with Crippen LogP contribution in [0.15, 0.2) is 0 Å². The summed E-state index contributed by atoms with van der Waals surface area (Å²) in [5, 5.41) is 3.25. The van der Waals surface area contributed by atoms with Crippen LogP contribution in [-0.2, 0) is 0 Å². The molecule has 11 heavy (non-hydrogen) atoms. The molecule has 0 saturated heterocycles. The summed E-state index contributed by atoms with van der Waals surface area (Å²) in [6.45, 7) is 8.79. The van der Waals surface area contributed by atoms with Crippen LogP contribution in [0.5, 0.6) is 0 Å². The Hall–Kier alpha value is 0.0899. The molecule has 0 spiro atoms. The van der Waals surface area contributed by atoms with Crippen LogP contribution in [0.4, 0.5) is 0 Å². The van der Waals surface area contributed by atoms with Crippen LogP contribution in [0.2, 0.25) is 0 Å². The van der Waals surface area contributed by atoms with E-state index >= 15 is 0 Å². The van der Waals surface area contributed by atoms with E-state index in [0.717, 1.165) is 19.0 Å². The topological polar surface area (TPSA) is 12.0 Å². The van der Waals surface area contributed by atoms with E-state index in [1.807, 2.05) is 0 Å². The van der Waals surface area contributed by atoms with Gasteiger partial charge in [-0.15, -0.1) is 0 Å². The largest absolute Gasteiger partial charge is 0.317 e.